The zero-order valence-electron chi connectivity index (χ0n) is 18.7. The molecule has 5 rings (SSSR count). The van der Waals surface area contributed by atoms with Gasteiger partial charge in [-0.3, -0.25) is 0 Å². The van der Waals surface area contributed by atoms with E-state index in [2.05, 4.69) is 15.0 Å². The summed E-state index contributed by atoms with van der Waals surface area (Å²) >= 11 is 0. The standard InChI is InChI=1S/C26H22FN3O3S/c1-3-34(31,32)19-8-4-6-17(13-19)20-10-11-22(33-15-18-7-5-9-23(27)29-18)25-24(20)21-12-16(2)14-28-26(21)30-25/h4-14H,3,15H2,1-2H3,(H,28,30). The first-order valence-electron chi connectivity index (χ1n) is 10.8. The van der Waals surface area contributed by atoms with Gasteiger partial charge in [0.2, 0.25) is 5.95 Å². The number of aromatic nitrogens is 3. The Labute approximate surface area is 196 Å². The second-order valence-electron chi connectivity index (χ2n) is 8.07. The van der Waals surface area contributed by atoms with Gasteiger partial charge in [-0.25, -0.2) is 18.4 Å². The minimum atomic E-state index is -3.35. The van der Waals surface area contributed by atoms with Gasteiger partial charge in [0.05, 0.1) is 21.9 Å². The van der Waals surface area contributed by atoms with E-state index < -0.39 is 15.8 Å². The van der Waals surface area contributed by atoms with Gasteiger partial charge < -0.3 is 9.72 Å². The van der Waals surface area contributed by atoms with Crippen molar-refractivity contribution in [2.45, 2.75) is 25.3 Å². The van der Waals surface area contributed by atoms with Crippen LogP contribution in [0.3, 0.4) is 0 Å². The topological polar surface area (TPSA) is 84.9 Å². The van der Waals surface area contributed by atoms with Gasteiger partial charge in [-0.05, 0) is 66.1 Å². The van der Waals surface area contributed by atoms with Crippen LogP contribution in [0, 0.1) is 12.9 Å². The largest absolute Gasteiger partial charge is 0.485 e. The monoisotopic (exact) mass is 475 g/mol. The number of hydrogen-bond acceptors (Lipinski definition) is 5. The highest BCUT2D eigenvalue weighted by Crippen LogP contribution is 2.39. The fourth-order valence-electron chi connectivity index (χ4n) is 4.03. The number of rotatable bonds is 6. The lowest BCUT2D eigenvalue weighted by molar-refractivity contribution is 0.302. The van der Waals surface area contributed by atoms with E-state index in [4.69, 9.17) is 4.74 Å². The lowest BCUT2D eigenvalue weighted by Gasteiger charge is -2.11. The number of H-pyrrole nitrogens is 1. The van der Waals surface area contributed by atoms with Gasteiger partial charge in [0.1, 0.15) is 18.0 Å². The van der Waals surface area contributed by atoms with Crippen molar-refractivity contribution in [2.24, 2.45) is 0 Å². The van der Waals surface area contributed by atoms with Crippen molar-refractivity contribution >= 4 is 31.8 Å². The van der Waals surface area contributed by atoms with E-state index in [0.29, 0.717) is 17.1 Å². The maximum Gasteiger partial charge on any atom is 0.213 e. The van der Waals surface area contributed by atoms with Gasteiger partial charge in [-0.2, -0.15) is 4.39 Å². The van der Waals surface area contributed by atoms with Crippen LogP contribution in [0.4, 0.5) is 4.39 Å². The van der Waals surface area contributed by atoms with Crippen LogP contribution < -0.4 is 4.74 Å². The maximum atomic E-state index is 13.5. The first-order valence-corrected chi connectivity index (χ1v) is 12.5. The molecule has 0 fully saturated rings. The van der Waals surface area contributed by atoms with E-state index in [9.17, 15) is 12.8 Å². The molecule has 0 bridgehead atoms. The summed E-state index contributed by atoms with van der Waals surface area (Å²) in [4.78, 5) is 12.0. The summed E-state index contributed by atoms with van der Waals surface area (Å²) in [6.07, 6.45) is 1.78. The minimum Gasteiger partial charge on any atom is -0.485 e. The third-order valence-electron chi connectivity index (χ3n) is 5.74. The predicted octanol–water partition coefficient (Wildman–Crippen LogP) is 5.60. The summed E-state index contributed by atoms with van der Waals surface area (Å²) < 4.78 is 44.5. The molecule has 0 aliphatic heterocycles. The van der Waals surface area contributed by atoms with Crippen molar-refractivity contribution in [3.05, 3.63) is 84.1 Å². The van der Waals surface area contributed by atoms with Gasteiger partial charge in [-0.1, -0.05) is 25.1 Å². The molecule has 3 heterocycles. The van der Waals surface area contributed by atoms with E-state index >= 15 is 0 Å². The number of aryl methyl sites for hydroxylation is 1. The van der Waals surface area contributed by atoms with Crippen molar-refractivity contribution in [3.8, 4) is 16.9 Å². The highest BCUT2D eigenvalue weighted by atomic mass is 32.2. The summed E-state index contributed by atoms with van der Waals surface area (Å²) in [5.74, 6) is 0.0368. The number of benzene rings is 2. The number of aromatic amines is 1. The average Bonchev–Trinajstić information content (AvgIpc) is 3.21. The van der Waals surface area contributed by atoms with Crippen LogP contribution in [0.5, 0.6) is 5.75 Å². The number of halogens is 1. The van der Waals surface area contributed by atoms with E-state index in [1.54, 1.807) is 43.5 Å². The van der Waals surface area contributed by atoms with Crippen molar-refractivity contribution in [3.63, 3.8) is 0 Å². The third kappa shape index (κ3) is 4.01. The molecule has 0 amide bonds. The molecule has 0 saturated heterocycles. The van der Waals surface area contributed by atoms with Crippen LogP contribution in [0.15, 0.2) is 71.8 Å². The van der Waals surface area contributed by atoms with Crippen LogP contribution in [0.25, 0.3) is 33.1 Å². The van der Waals surface area contributed by atoms with Gasteiger partial charge >= 0.3 is 0 Å². The number of ether oxygens (including phenoxy) is 1. The van der Waals surface area contributed by atoms with Crippen LogP contribution in [-0.2, 0) is 16.4 Å². The Hall–Kier alpha value is -3.78. The molecule has 0 aliphatic rings. The Bertz CT molecular complexity index is 1640. The molecule has 8 heteroatoms. The lowest BCUT2D eigenvalue weighted by atomic mass is 9.99. The molecule has 0 aliphatic carbocycles. The normalized spacial score (nSPS) is 11.9. The molecule has 0 atom stereocenters. The van der Waals surface area contributed by atoms with Gasteiger partial charge in [0.25, 0.3) is 0 Å². The molecular weight excluding hydrogens is 453 g/mol. The van der Waals surface area contributed by atoms with E-state index in [-0.39, 0.29) is 17.3 Å². The summed E-state index contributed by atoms with van der Waals surface area (Å²) in [5, 5.41) is 1.78. The Morgan fingerprint density at radius 1 is 1.06 bits per heavy atom. The van der Waals surface area contributed by atoms with Crippen LogP contribution in [-0.4, -0.2) is 29.1 Å². The van der Waals surface area contributed by atoms with E-state index in [1.165, 1.54) is 6.07 Å². The van der Waals surface area contributed by atoms with Crippen molar-refractivity contribution in [1.29, 1.82) is 0 Å². The first kappa shape index (κ1) is 22.0. The molecule has 6 nitrogen and oxygen atoms in total. The number of hydrogen-bond donors (Lipinski definition) is 1. The van der Waals surface area contributed by atoms with E-state index in [1.807, 2.05) is 31.2 Å². The Kier molecular flexibility index (Phi) is 5.53. The molecular formula is C26H22FN3O3S. The summed E-state index contributed by atoms with van der Waals surface area (Å²) in [6, 6.07) is 17.3. The molecule has 172 valence electrons. The molecule has 0 spiro atoms. The zero-order chi connectivity index (χ0) is 23.9. The number of fused-ring (bicyclic) bond motifs is 3. The smallest absolute Gasteiger partial charge is 0.213 e. The SMILES string of the molecule is CCS(=O)(=O)c1cccc(-c2ccc(OCc3cccc(F)n3)c3[nH]c4ncc(C)cc4c23)c1. The van der Waals surface area contributed by atoms with Crippen LogP contribution in [0.2, 0.25) is 0 Å². The number of pyridine rings is 2. The number of nitrogens with zero attached hydrogens (tertiary/aromatic N) is 2. The molecule has 0 saturated carbocycles. The molecule has 0 unspecified atom stereocenters. The molecule has 34 heavy (non-hydrogen) atoms. The molecule has 2 aromatic carbocycles. The van der Waals surface area contributed by atoms with Gasteiger partial charge in [0.15, 0.2) is 9.84 Å². The summed E-state index contributed by atoms with van der Waals surface area (Å²) in [5.41, 5.74) is 4.53. The van der Waals surface area contributed by atoms with Crippen molar-refractivity contribution in [2.75, 3.05) is 5.75 Å². The highest BCUT2D eigenvalue weighted by Gasteiger charge is 2.18. The predicted molar refractivity (Wildman–Crippen MR) is 130 cm³/mol. The number of sulfone groups is 1. The lowest BCUT2D eigenvalue weighted by Crippen LogP contribution is -2.03. The second kappa shape index (κ2) is 8.53. The quantitative estimate of drug-likeness (QED) is 0.323. The number of nitrogens with one attached hydrogen (secondary N) is 1. The second-order valence-corrected chi connectivity index (χ2v) is 10.3. The van der Waals surface area contributed by atoms with Crippen LogP contribution in [0.1, 0.15) is 18.2 Å². The highest BCUT2D eigenvalue weighted by molar-refractivity contribution is 7.91. The molecule has 3 aromatic heterocycles. The Morgan fingerprint density at radius 2 is 1.88 bits per heavy atom. The molecule has 1 N–H and O–H groups in total. The van der Waals surface area contributed by atoms with Gasteiger partial charge in [0, 0.05) is 17.0 Å². The van der Waals surface area contributed by atoms with Crippen LogP contribution >= 0.6 is 0 Å². The minimum absolute atomic E-state index is 0.0307. The van der Waals surface area contributed by atoms with Crippen molar-refractivity contribution in [1.82, 2.24) is 15.0 Å². The fraction of sp³-hybridized carbons (Fsp3) is 0.154. The summed E-state index contributed by atoms with van der Waals surface area (Å²) in [7, 11) is -3.35. The maximum absolute atomic E-state index is 13.5. The van der Waals surface area contributed by atoms with Crippen molar-refractivity contribution < 1.29 is 17.5 Å². The fourth-order valence-corrected chi connectivity index (χ4v) is 4.96. The zero-order valence-corrected chi connectivity index (χ0v) is 19.5. The Morgan fingerprint density at radius 3 is 2.68 bits per heavy atom. The Balaban J connectivity index is 1.68. The third-order valence-corrected chi connectivity index (χ3v) is 7.47. The average molecular weight is 476 g/mol. The van der Waals surface area contributed by atoms with E-state index in [0.717, 1.165) is 33.0 Å². The molecule has 5 aromatic rings. The summed E-state index contributed by atoms with van der Waals surface area (Å²) in [6.45, 7) is 3.70. The molecule has 0 radical (unpaired) electrons. The van der Waals surface area contributed by atoms with Gasteiger partial charge in [-0.15, -0.1) is 0 Å². The first-order chi connectivity index (χ1) is 16.4.